The summed E-state index contributed by atoms with van der Waals surface area (Å²) in [7, 11) is 0. The number of anilines is 1. The van der Waals surface area contributed by atoms with E-state index in [1.54, 1.807) is 11.3 Å². The number of aryl methyl sites for hydroxylation is 2. The maximum atomic E-state index is 12.1. The van der Waals surface area contributed by atoms with Crippen LogP contribution in [0.15, 0.2) is 0 Å². The van der Waals surface area contributed by atoms with Crippen molar-refractivity contribution in [1.82, 2.24) is 4.98 Å². The third kappa shape index (κ3) is 4.18. The number of aromatic nitrogens is 1. The predicted molar refractivity (Wildman–Crippen MR) is 89.2 cm³/mol. The summed E-state index contributed by atoms with van der Waals surface area (Å²) in [5.74, 6) is 0.434. The first-order valence-corrected chi connectivity index (χ1v) is 8.58. The smallest absolute Gasteiger partial charge is 0.226 e. The van der Waals surface area contributed by atoms with E-state index in [1.807, 2.05) is 0 Å². The van der Waals surface area contributed by atoms with Crippen molar-refractivity contribution in [1.29, 1.82) is 0 Å². The number of carbonyl (C=O) groups is 1. The number of hydrogen-bond acceptors (Lipinski definition) is 4. The van der Waals surface area contributed by atoms with Crippen molar-refractivity contribution >= 4 is 34.8 Å². The molecule has 0 radical (unpaired) electrons. The van der Waals surface area contributed by atoms with Crippen LogP contribution in [0.25, 0.3) is 0 Å². The summed E-state index contributed by atoms with van der Waals surface area (Å²) in [4.78, 5) is 18.1. The maximum Gasteiger partial charge on any atom is 0.226 e. The Morgan fingerprint density at radius 1 is 1.24 bits per heavy atom. The fourth-order valence-corrected chi connectivity index (χ4v) is 4.38. The number of nitrogens with one attached hydrogen (secondary N) is 1. The first-order valence-electron chi connectivity index (χ1n) is 7.76. The van der Waals surface area contributed by atoms with Gasteiger partial charge in [-0.1, -0.05) is 12.8 Å². The number of amides is 1. The van der Waals surface area contributed by atoms with Crippen LogP contribution < -0.4 is 11.1 Å². The highest BCUT2D eigenvalue weighted by Gasteiger charge is 2.26. The second-order valence-corrected chi connectivity index (χ2v) is 7.14. The first-order chi connectivity index (χ1) is 9.72. The van der Waals surface area contributed by atoms with E-state index in [0.29, 0.717) is 12.3 Å². The highest BCUT2D eigenvalue weighted by Crippen LogP contribution is 2.30. The maximum absolute atomic E-state index is 12.1. The second kappa shape index (κ2) is 7.56. The number of rotatable bonds is 3. The average Bonchev–Trinajstić information content (AvgIpc) is 2.90. The van der Waals surface area contributed by atoms with Crippen LogP contribution in [0.5, 0.6) is 0 Å². The molecule has 2 aliphatic rings. The van der Waals surface area contributed by atoms with Crippen molar-refractivity contribution in [2.75, 3.05) is 5.32 Å². The minimum atomic E-state index is 0. The van der Waals surface area contributed by atoms with Gasteiger partial charge in [-0.2, -0.15) is 0 Å². The average molecular weight is 330 g/mol. The number of nitrogens with zero attached hydrogens (tertiary/aromatic N) is 1. The Morgan fingerprint density at radius 2 is 2.05 bits per heavy atom. The van der Waals surface area contributed by atoms with Crippen LogP contribution in [-0.2, 0) is 17.6 Å². The van der Waals surface area contributed by atoms with Gasteiger partial charge in [0.2, 0.25) is 5.91 Å². The zero-order chi connectivity index (χ0) is 13.9. The summed E-state index contributed by atoms with van der Waals surface area (Å²) < 4.78 is 0. The molecule has 0 aromatic carbocycles. The van der Waals surface area contributed by atoms with Crippen molar-refractivity contribution in [3.8, 4) is 0 Å². The molecule has 21 heavy (non-hydrogen) atoms. The van der Waals surface area contributed by atoms with Crippen LogP contribution in [0.4, 0.5) is 5.13 Å². The van der Waals surface area contributed by atoms with Gasteiger partial charge in [0.1, 0.15) is 0 Å². The van der Waals surface area contributed by atoms with Crippen molar-refractivity contribution < 1.29 is 4.79 Å². The molecule has 0 spiro atoms. The summed E-state index contributed by atoms with van der Waals surface area (Å²) in [5.41, 5.74) is 7.23. The van der Waals surface area contributed by atoms with E-state index in [-0.39, 0.29) is 24.4 Å². The van der Waals surface area contributed by atoms with Crippen molar-refractivity contribution in [3.63, 3.8) is 0 Å². The molecule has 1 aromatic rings. The molecule has 4 nitrogen and oxygen atoms in total. The normalized spacial score (nSPS) is 24.8. The van der Waals surface area contributed by atoms with E-state index < -0.39 is 0 Å². The van der Waals surface area contributed by atoms with Gasteiger partial charge in [-0.25, -0.2) is 4.98 Å². The van der Waals surface area contributed by atoms with Gasteiger partial charge in [-0.05, 0) is 44.4 Å². The fourth-order valence-electron chi connectivity index (χ4n) is 3.31. The quantitative estimate of drug-likeness (QED) is 0.836. The zero-order valence-electron chi connectivity index (χ0n) is 12.3. The van der Waals surface area contributed by atoms with E-state index in [4.69, 9.17) is 5.73 Å². The molecule has 1 heterocycles. The summed E-state index contributed by atoms with van der Waals surface area (Å²) in [6.45, 7) is 0. The number of halogens is 1. The molecule has 2 atom stereocenters. The van der Waals surface area contributed by atoms with Gasteiger partial charge in [0.25, 0.3) is 0 Å². The van der Waals surface area contributed by atoms with Crippen LogP contribution in [0, 0.1) is 5.92 Å². The van der Waals surface area contributed by atoms with Gasteiger partial charge >= 0.3 is 0 Å². The van der Waals surface area contributed by atoms with E-state index >= 15 is 0 Å². The van der Waals surface area contributed by atoms with E-state index in [2.05, 4.69) is 10.3 Å². The van der Waals surface area contributed by atoms with Crippen molar-refractivity contribution in [3.05, 3.63) is 10.6 Å². The summed E-state index contributed by atoms with van der Waals surface area (Å²) in [5, 5.41) is 3.77. The van der Waals surface area contributed by atoms with Crippen LogP contribution in [0.2, 0.25) is 0 Å². The van der Waals surface area contributed by atoms with E-state index in [1.165, 1.54) is 29.8 Å². The topological polar surface area (TPSA) is 68.0 Å². The molecule has 3 rings (SSSR count). The standard InChI is InChI=1S/C15H23N3OS.ClH/c16-11-6-4-5-10(11)9-14(19)18-15-17-12-7-2-1-3-8-13(12)20-15;/h10-11H,1-9,16H2,(H,17,18,19);1H/t10-,11+;/m0./s1. The number of fused-ring (bicyclic) bond motifs is 1. The molecule has 3 N–H and O–H groups in total. The number of nitrogens with two attached hydrogens (primary N) is 1. The third-order valence-electron chi connectivity index (χ3n) is 4.51. The molecule has 6 heteroatoms. The highest BCUT2D eigenvalue weighted by atomic mass is 35.5. The Hall–Kier alpha value is -0.650. The fraction of sp³-hybridized carbons (Fsp3) is 0.733. The van der Waals surface area contributed by atoms with Gasteiger partial charge in [-0.15, -0.1) is 23.7 Å². The molecule has 1 fully saturated rings. The Bertz CT molecular complexity index is 468. The Balaban J connectivity index is 0.00000161. The number of thiazole rings is 1. The lowest BCUT2D eigenvalue weighted by Crippen LogP contribution is -2.28. The summed E-state index contributed by atoms with van der Waals surface area (Å²) in [6, 6.07) is 0.203. The van der Waals surface area contributed by atoms with Crippen LogP contribution >= 0.6 is 23.7 Å². The number of carbonyl (C=O) groups excluding carboxylic acids is 1. The molecular weight excluding hydrogens is 306 g/mol. The molecule has 0 aliphatic heterocycles. The summed E-state index contributed by atoms with van der Waals surface area (Å²) >= 11 is 1.66. The molecule has 0 saturated heterocycles. The molecule has 118 valence electrons. The number of hydrogen-bond donors (Lipinski definition) is 2. The van der Waals surface area contributed by atoms with Gasteiger partial charge in [-0.3, -0.25) is 4.79 Å². The van der Waals surface area contributed by atoms with Crippen LogP contribution in [0.1, 0.15) is 55.5 Å². The zero-order valence-corrected chi connectivity index (χ0v) is 13.9. The van der Waals surface area contributed by atoms with Gasteiger partial charge in [0.05, 0.1) is 5.69 Å². The molecule has 1 aromatic heterocycles. The largest absolute Gasteiger partial charge is 0.327 e. The Labute approximate surface area is 136 Å². The minimum absolute atomic E-state index is 0. The lowest BCUT2D eigenvalue weighted by molar-refractivity contribution is -0.117. The molecule has 1 amide bonds. The first kappa shape index (κ1) is 16.7. The molecule has 0 bridgehead atoms. The van der Waals surface area contributed by atoms with Gasteiger partial charge in [0.15, 0.2) is 5.13 Å². The monoisotopic (exact) mass is 329 g/mol. The third-order valence-corrected chi connectivity index (χ3v) is 5.58. The van der Waals surface area contributed by atoms with Crippen molar-refractivity contribution in [2.45, 2.75) is 63.8 Å². The van der Waals surface area contributed by atoms with E-state index in [0.717, 1.165) is 37.2 Å². The SMILES string of the molecule is Cl.N[C@@H]1CCC[C@H]1CC(=O)Nc1nc2c(s1)CCCCC2. The van der Waals surface area contributed by atoms with Crippen LogP contribution in [-0.4, -0.2) is 16.9 Å². The Morgan fingerprint density at radius 3 is 2.81 bits per heavy atom. The molecule has 0 unspecified atom stereocenters. The minimum Gasteiger partial charge on any atom is -0.327 e. The van der Waals surface area contributed by atoms with Gasteiger partial charge in [0, 0.05) is 17.3 Å². The lowest BCUT2D eigenvalue weighted by Gasteiger charge is -2.13. The van der Waals surface area contributed by atoms with Crippen LogP contribution in [0.3, 0.4) is 0 Å². The molecule has 1 saturated carbocycles. The highest BCUT2D eigenvalue weighted by molar-refractivity contribution is 7.15. The van der Waals surface area contributed by atoms with E-state index in [9.17, 15) is 4.79 Å². The second-order valence-electron chi connectivity index (χ2n) is 6.06. The lowest BCUT2D eigenvalue weighted by atomic mass is 10.00. The summed E-state index contributed by atoms with van der Waals surface area (Å²) in [6.07, 6.45) is 9.80. The van der Waals surface area contributed by atoms with Gasteiger partial charge < -0.3 is 11.1 Å². The van der Waals surface area contributed by atoms with Crippen molar-refractivity contribution in [2.24, 2.45) is 11.7 Å². The molecule has 2 aliphatic carbocycles. The predicted octanol–water partition coefficient (Wildman–Crippen LogP) is 3.29. The Kier molecular flexibility index (Phi) is 6.02. The molecular formula is C15H24ClN3OS.